The molecule has 0 aromatic carbocycles. The molecule has 0 aliphatic carbocycles. The largest absolute Gasteiger partial charge is 0.481 e. The zero-order valence-corrected chi connectivity index (χ0v) is 8.58. The van der Waals surface area contributed by atoms with Gasteiger partial charge in [-0.3, -0.25) is 14.7 Å². The summed E-state index contributed by atoms with van der Waals surface area (Å²) in [5, 5.41) is 25.0. The molecule has 1 atom stereocenters. The van der Waals surface area contributed by atoms with Crippen molar-refractivity contribution in [2.24, 2.45) is 0 Å². The maximum Gasteiger partial charge on any atom is 0.326 e. The molecule has 0 radical (unpaired) electrons. The maximum absolute atomic E-state index is 11.4. The van der Waals surface area contributed by atoms with E-state index in [2.05, 4.69) is 20.5 Å². The molecule has 0 saturated heterocycles. The van der Waals surface area contributed by atoms with E-state index in [0.717, 1.165) is 6.33 Å². The van der Waals surface area contributed by atoms with Crippen LogP contribution in [0.3, 0.4) is 0 Å². The van der Waals surface area contributed by atoms with E-state index < -0.39 is 23.9 Å². The van der Waals surface area contributed by atoms with Gasteiger partial charge < -0.3 is 15.5 Å². The summed E-state index contributed by atoms with van der Waals surface area (Å²) >= 11 is 0. The molecule has 17 heavy (non-hydrogen) atoms. The zero-order chi connectivity index (χ0) is 12.8. The van der Waals surface area contributed by atoms with E-state index in [1.54, 1.807) is 0 Å². The fourth-order valence-electron chi connectivity index (χ4n) is 1.07. The normalized spacial score (nSPS) is 11.8. The van der Waals surface area contributed by atoms with Gasteiger partial charge in [-0.1, -0.05) is 0 Å². The fraction of sp³-hybridized carbons (Fsp3) is 0.375. The molecule has 0 aliphatic heterocycles. The number of carbonyl (C=O) groups excluding carboxylic acids is 1. The molecule has 4 N–H and O–H groups in total. The van der Waals surface area contributed by atoms with Crippen LogP contribution >= 0.6 is 0 Å². The molecule has 92 valence electrons. The minimum atomic E-state index is -1.31. The Kier molecular flexibility index (Phi) is 4.14. The molecule has 1 amide bonds. The molecule has 0 fully saturated rings. The highest BCUT2D eigenvalue weighted by Crippen LogP contribution is 1.99. The number of H-pyrrole nitrogens is 1. The zero-order valence-electron chi connectivity index (χ0n) is 8.58. The molecular formula is C8H10N4O5. The second-order valence-electron chi connectivity index (χ2n) is 3.13. The average Bonchev–Trinajstić information content (AvgIpc) is 2.76. The first-order chi connectivity index (χ1) is 8.00. The van der Waals surface area contributed by atoms with Gasteiger partial charge in [0.2, 0.25) is 5.82 Å². The summed E-state index contributed by atoms with van der Waals surface area (Å²) in [6.07, 6.45) is 0.542. The molecule has 1 aromatic heterocycles. The second-order valence-corrected chi connectivity index (χ2v) is 3.13. The predicted octanol–water partition coefficient (Wildman–Crippen LogP) is -1.15. The monoisotopic (exact) mass is 242 g/mol. The highest BCUT2D eigenvalue weighted by molar-refractivity contribution is 5.93. The molecular weight excluding hydrogens is 232 g/mol. The molecule has 0 spiro atoms. The van der Waals surface area contributed by atoms with Crippen LogP contribution < -0.4 is 5.32 Å². The highest BCUT2D eigenvalue weighted by Gasteiger charge is 2.22. The number of aromatic amines is 1. The van der Waals surface area contributed by atoms with Gasteiger partial charge in [0.05, 0.1) is 0 Å². The molecule has 0 saturated carbocycles. The molecule has 9 heteroatoms. The van der Waals surface area contributed by atoms with Gasteiger partial charge in [0.1, 0.15) is 12.4 Å². The van der Waals surface area contributed by atoms with E-state index in [1.165, 1.54) is 0 Å². The van der Waals surface area contributed by atoms with Crippen LogP contribution in [0.4, 0.5) is 0 Å². The number of rotatable bonds is 6. The summed E-state index contributed by atoms with van der Waals surface area (Å²) in [6, 6.07) is -1.27. The van der Waals surface area contributed by atoms with Crippen molar-refractivity contribution in [3.8, 4) is 0 Å². The van der Waals surface area contributed by atoms with Crippen LogP contribution in [0.25, 0.3) is 0 Å². The first-order valence-corrected chi connectivity index (χ1v) is 4.61. The summed E-state index contributed by atoms with van der Waals surface area (Å²) in [5.74, 6) is -3.32. The lowest BCUT2D eigenvalue weighted by atomic mass is 10.1. The number of aliphatic carboxylic acids is 2. The lowest BCUT2D eigenvalue weighted by molar-refractivity contribution is -0.140. The SMILES string of the molecule is O=C(O)CCC(NC(=O)c1ncn[nH]1)C(=O)O. The van der Waals surface area contributed by atoms with Gasteiger partial charge in [0, 0.05) is 6.42 Å². The van der Waals surface area contributed by atoms with E-state index in [4.69, 9.17) is 10.2 Å². The molecule has 9 nitrogen and oxygen atoms in total. The Morgan fingerprint density at radius 2 is 2.12 bits per heavy atom. The Labute approximate surface area is 94.9 Å². The van der Waals surface area contributed by atoms with E-state index in [1.807, 2.05) is 0 Å². The quantitative estimate of drug-likeness (QED) is 0.492. The predicted molar refractivity (Wildman–Crippen MR) is 52.1 cm³/mol. The number of nitrogens with zero attached hydrogens (tertiary/aromatic N) is 2. The van der Waals surface area contributed by atoms with Crippen molar-refractivity contribution < 1.29 is 24.6 Å². The van der Waals surface area contributed by atoms with Gasteiger partial charge in [-0.25, -0.2) is 9.78 Å². The number of aromatic nitrogens is 3. The number of hydrogen-bond donors (Lipinski definition) is 4. The number of amides is 1. The van der Waals surface area contributed by atoms with Gasteiger partial charge in [-0.15, -0.1) is 0 Å². The standard InChI is InChI=1S/C8H10N4O5/c13-5(14)2-1-4(8(16)17)11-7(15)6-9-3-10-12-6/h3-4H,1-2H2,(H,11,15)(H,13,14)(H,16,17)(H,9,10,12). The number of carbonyl (C=O) groups is 3. The maximum atomic E-state index is 11.4. The summed E-state index contributed by atoms with van der Waals surface area (Å²) in [6.45, 7) is 0. The second kappa shape index (κ2) is 5.58. The molecule has 0 bridgehead atoms. The van der Waals surface area contributed by atoms with Crippen molar-refractivity contribution in [2.75, 3.05) is 0 Å². The summed E-state index contributed by atoms with van der Waals surface area (Å²) in [5.41, 5.74) is 0. The van der Waals surface area contributed by atoms with Crippen LogP contribution in [0, 0.1) is 0 Å². The Morgan fingerprint density at radius 3 is 2.59 bits per heavy atom. The third kappa shape index (κ3) is 3.89. The Hall–Kier alpha value is -2.45. The van der Waals surface area contributed by atoms with Crippen molar-refractivity contribution in [3.63, 3.8) is 0 Å². The Balaban J connectivity index is 2.58. The van der Waals surface area contributed by atoms with E-state index in [9.17, 15) is 14.4 Å². The lowest BCUT2D eigenvalue weighted by Gasteiger charge is -2.11. The van der Waals surface area contributed by atoms with Crippen molar-refractivity contribution in [1.82, 2.24) is 20.5 Å². The minimum Gasteiger partial charge on any atom is -0.481 e. The summed E-state index contributed by atoms with van der Waals surface area (Å²) < 4.78 is 0. The first kappa shape index (κ1) is 12.6. The lowest BCUT2D eigenvalue weighted by Crippen LogP contribution is -2.41. The third-order valence-electron chi connectivity index (χ3n) is 1.88. The smallest absolute Gasteiger partial charge is 0.326 e. The number of hydrogen-bond acceptors (Lipinski definition) is 5. The van der Waals surface area contributed by atoms with E-state index in [0.29, 0.717) is 0 Å². The van der Waals surface area contributed by atoms with Gasteiger partial charge in [-0.05, 0) is 6.42 Å². The third-order valence-corrected chi connectivity index (χ3v) is 1.88. The van der Waals surface area contributed by atoms with E-state index >= 15 is 0 Å². The Bertz CT molecular complexity index is 416. The average molecular weight is 242 g/mol. The first-order valence-electron chi connectivity index (χ1n) is 4.61. The van der Waals surface area contributed by atoms with Crippen molar-refractivity contribution >= 4 is 17.8 Å². The fourth-order valence-corrected chi connectivity index (χ4v) is 1.07. The van der Waals surface area contributed by atoms with Gasteiger partial charge in [-0.2, -0.15) is 5.10 Å². The molecule has 1 heterocycles. The number of nitrogens with one attached hydrogen (secondary N) is 2. The van der Waals surface area contributed by atoms with Crippen LogP contribution in [0.1, 0.15) is 23.5 Å². The van der Waals surface area contributed by atoms with E-state index in [-0.39, 0.29) is 18.7 Å². The van der Waals surface area contributed by atoms with Gasteiger partial charge >= 0.3 is 11.9 Å². The van der Waals surface area contributed by atoms with Crippen LogP contribution in [0.2, 0.25) is 0 Å². The van der Waals surface area contributed by atoms with Crippen LogP contribution in [0.15, 0.2) is 6.33 Å². The molecule has 1 aromatic rings. The van der Waals surface area contributed by atoms with Crippen LogP contribution in [-0.2, 0) is 9.59 Å². The topological polar surface area (TPSA) is 145 Å². The van der Waals surface area contributed by atoms with Crippen molar-refractivity contribution in [1.29, 1.82) is 0 Å². The van der Waals surface area contributed by atoms with Crippen LogP contribution in [-0.4, -0.2) is 49.3 Å². The molecule has 0 aliphatic rings. The van der Waals surface area contributed by atoms with Crippen LogP contribution in [0.5, 0.6) is 0 Å². The summed E-state index contributed by atoms with van der Waals surface area (Å²) in [4.78, 5) is 36.0. The van der Waals surface area contributed by atoms with Crippen molar-refractivity contribution in [2.45, 2.75) is 18.9 Å². The molecule has 1 rings (SSSR count). The van der Waals surface area contributed by atoms with Gasteiger partial charge in [0.15, 0.2) is 0 Å². The molecule has 1 unspecified atom stereocenters. The number of carboxylic acids is 2. The summed E-state index contributed by atoms with van der Waals surface area (Å²) in [7, 11) is 0. The van der Waals surface area contributed by atoms with Crippen molar-refractivity contribution in [3.05, 3.63) is 12.2 Å². The minimum absolute atomic E-state index is 0.133. The number of carboxylic acid groups (broad SMARTS) is 2. The Morgan fingerprint density at radius 1 is 1.41 bits per heavy atom. The van der Waals surface area contributed by atoms with Gasteiger partial charge in [0.25, 0.3) is 5.91 Å². The highest BCUT2D eigenvalue weighted by atomic mass is 16.4.